The zero-order valence-corrected chi connectivity index (χ0v) is 15.6. The van der Waals surface area contributed by atoms with Gasteiger partial charge in [0.2, 0.25) is 5.91 Å². The molecule has 1 heterocycles. The monoisotopic (exact) mass is 416 g/mol. The second-order valence-corrected chi connectivity index (χ2v) is 8.79. The van der Waals surface area contributed by atoms with Gasteiger partial charge in [0.25, 0.3) is 10.0 Å². The number of thioether (sulfide) groups is 1. The standard InChI is InChI=1S/C17H15F3N2O3S2/c1-10-9-26-15-6-5-13(8-14(15)21-16(10)23)27(24,25)22-12-4-2-3-11(7-12)17(18,19)20/h2-8,10,22H,9H2,1H3,(H,21,23)/t10-/m0/s1. The van der Waals surface area contributed by atoms with E-state index in [-0.39, 0.29) is 22.4 Å². The molecular formula is C17H15F3N2O3S2. The molecule has 0 saturated carbocycles. The molecule has 5 nitrogen and oxygen atoms in total. The first-order chi connectivity index (χ1) is 12.6. The molecule has 0 radical (unpaired) electrons. The Morgan fingerprint density at radius 3 is 2.63 bits per heavy atom. The van der Waals surface area contributed by atoms with Crippen molar-refractivity contribution < 1.29 is 26.4 Å². The van der Waals surface area contributed by atoms with Crippen LogP contribution in [-0.2, 0) is 21.0 Å². The molecule has 27 heavy (non-hydrogen) atoms. The number of carbonyl (C=O) groups excluding carboxylic acids is 1. The number of amides is 1. The number of sulfonamides is 1. The van der Waals surface area contributed by atoms with Crippen molar-refractivity contribution in [1.82, 2.24) is 0 Å². The van der Waals surface area contributed by atoms with E-state index in [0.29, 0.717) is 11.4 Å². The average Bonchev–Trinajstić information content (AvgIpc) is 2.72. The topological polar surface area (TPSA) is 75.3 Å². The highest BCUT2D eigenvalue weighted by Gasteiger charge is 2.31. The van der Waals surface area contributed by atoms with Crippen molar-refractivity contribution in [2.75, 3.05) is 15.8 Å². The summed E-state index contributed by atoms with van der Waals surface area (Å²) in [6.07, 6.45) is -4.58. The summed E-state index contributed by atoms with van der Waals surface area (Å²) in [6.45, 7) is 1.76. The van der Waals surface area contributed by atoms with Gasteiger partial charge in [-0.1, -0.05) is 13.0 Å². The van der Waals surface area contributed by atoms with E-state index < -0.39 is 21.8 Å². The molecule has 0 aromatic heterocycles. The molecule has 1 amide bonds. The predicted molar refractivity (Wildman–Crippen MR) is 97.2 cm³/mol. The maximum atomic E-state index is 12.8. The second-order valence-electron chi connectivity index (χ2n) is 6.04. The first-order valence-corrected chi connectivity index (χ1v) is 10.3. The summed E-state index contributed by atoms with van der Waals surface area (Å²) in [7, 11) is -4.13. The van der Waals surface area contributed by atoms with Crippen molar-refractivity contribution >= 4 is 39.1 Å². The lowest BCUT2D eigenvalue weighted by Crippen LogP contribution is -2.20. The number of hydrogen-bond acceptors (Lipinski definition) is 4. The van der Waals surface area contributed by atoms with Gasteiger partial charge in [0.05, 0.1) is 16.1 Å². The minimum Gasteiger partial charge on any atom is -0.325 e. The number of carbonyl (C=O) groups is 1. The fraction of sp³-hybridized carbons (Fsp3) is 0.235. The Bertz CT molecular complexity index is 991. The normalized spacial score (nSPS) is 17.6. The molecular weight excluding hydrogens is 401 g/mol. The van der Waals surface area contributed by atoms with Crippen LogP contribution >= 0.6 is 11.8 Å². The predicted octanol–water partition coefficient (Wildman–Crippen LogP) is 4.19. The third kappa shape index (κ3) is 4.38. The molecule has 0 saturated heterocycles. The highest BCUT2D eigenvalue weighted by atomic mass is 32.2. The molecule has 1 atom stereocenters. The van der Waals surface area contributed by atoms with Gasteiger partial charge in [0.15, 0.2) is 0 Å². The van der Waals surface area contributed by atoms with Crippen molar-refractivity contribution in [3.05, 3.63) is 48.0 Å². The average molecular weight is 416 g/mol. The molecule has 1 aliphatic heterocycles. The molecule has 0 spiro atoms. The zero-order valence-electron chi connectivity index (χ0n) is 14.0. The first-order valence-electron chi connectivity index (χ1n) is 7.84. The van der Waals surface area contributed by atoms with Gasteiger partial charge in [-0.25, -0.2) is 8.42 Å². The minimum absolute atomic E-state index is 0.158. The smallest absolute Gasteiger partial charge is 0.325 e. The van der Waals surface area contributed by atoms with Crippen LogP contribution in [0.1, 0.15) is 12.5 Å². The lowest BCUT2D eigenvalue weighted by molar-refractivity contribution is -0.137. The van der Waals surface area contributed by atoms with Gasteiger partial charge in [0, 0.05) is 22.3 Å². The molecule has 2 N–H and O–H groups in total. The second kappa shape index (κ2) is 7.08. The summed E-state index contributed by atoms with van der Waals surface area (Å²) in [5.41, 5.74) is -0.796. The lowest BCUT2D eigenvalue weighted by atomic mass is 10.2. The minimum atomic E-state index is -4.58. The van der Waals surface area contributed by atoms with E-state index in [0.717, 1.165) is 23.1 Å². The van der Waals surface area contributed by atoms with Crippen molar-refractivity contribution in [3.8, 4) is 0 Å². The van der Waals surface area contributed by atoms with E-state index in [1.54, 1.807) is 13.0 Å². The van der Waals surface area contributed by atoms with Crippen LogP contribution in [0.5, 0.6) is 0 Å². The SMILES string of the molecule is C[C@H]1CSc2ccc(S(=O)(=O)Nc3cccc(C(F)(F)F)c3)cc2NC1=O. The van der Waals surface area contributed by atoms with E-state index >= 15 is 0 Å². The molecule has 144 valence electrons. The maximum absolute atomic E-state index is 12.8. The molecule has 1 aliphatic rings. The quantitative estimate of drug-likeness (QED) is 0.787. The zero-order chi connectivity index (χ0) is 19.8. The van der Waals surface area contributed by atoms with E-state index in [1.807, 2.05) is 0 Å². The summed E-state index contributed by atoms with van der Waals surface area (Å²) in [5, 5.41) is 2.68. The summed E-state index contributed by atoms with van der Waals surface area (Å²) in [5.74, 6) is 0.111. The van der Waals surface area contributed by atoms with Crippen molar-refractivity contribution in [1.29, 1.82) is 0 Å². The number of rotatable bonds is 3. The molecule has 0 bridgehead atoms. The fourth-order valence-electron chi connectivity index (χ4n) is 2.42. The number of anilines is 2. The molecule has 2 aromatic carbocycles. The van der Waals surface area contributed by atoms with Crippen LogP contribution in [0.2, 0.25) is 0 Å². The van der Waals surface area contributed by atoms with Gasteiger partial charge in [0.1, 0.15) is 0 Å². The first kappa shape index (κ1) is 19.6. The highest BCUT2D eigenvalue weighted by Crippen LogP contribution is 2.35. The molecule has 10 heteroatoms. The number of alkyl halides is 3. The van der Waals surface area contributed by atoms with Gasteiger partial charge in [-0.3, -0.25) is 9.52 Å². The van der Waals surface area contributed by atoms with Gasteiger partial charge >= 0.3 is 6.18 Å². The Kier molecular flexibility index (Phi) is 5.13. The van der Waals surface area contributed by atoms with Crippen molar-refractivity contribution in [3.63, 3.8) is 0 Å². The molecule has 0 aliphatic carbocycles. The van der Waals surface area contributed by atoms with E-state index in [2.05, 4.69) is 10.0 Å². The van der Waals surface area contributed by atoms with Crippen LogP contribution in [0.25, 0.3) is 0 Å². The summed E-state index contributed by atoms with van der Waals surface area (Å²) >= 11 is 1.43. The Morgan fingerprint density at radius 2 is 1.93 bits per heavy atom. The molecule has 3 rings (SSSR count). The van der Waals surface area contributed by atoms with E-state index in [9.17, 15) is 26.4 Å². The van der Waals surface area contributed by atoms with Crippen LogP contribution in [0.4, 0.5) is 24.5 Å². The molecule has 0 unspecified atom stereocenters. The number of halogens is 3. The van der Waals surface area contributed by atoms with E-state index in [1.165, 1.54) is 30.0 Å². The van der Waals surface area contributed by atoms with Gasteiger partial charge in [-0.15, -0.1) is 11.8 Å². The summed E-state index contributed by atoms with van der Waals surface area (Å²) < 4.78 is 65.7. The van der Waals surface area contributed by atoms with E-state index in [4.69, 9.17) is 0 Å². The van der Waals surface area contributed by atoms with Gasteiger partial charge in [-0.05, 0) is 36.4 Å². The Hall–Kier alpha value is -2.20. The Morgan fingerprint density at radius 1 is 1.19 bits per heavy atom. The number of nitrogens with one attached hydrogen (secondary N) is 2. The van der Waals surface area contributed by atoms with Crippen LogP contribution in [0, 0.1) is 5.92 Å². The lowest BCUT2D eigenvalue weighted by Gasteiger charge is -2.13. The number of hydrogen-bond donors (Lipinski definition) is 2. The Balaban J connectivity index is 1.90. The van der Waals surface area contributed by atoms with Crippen LogP contribution in [0.3, 0.4) is 0 Å². The third-order valence-electron chi connectivity index (χ3n) is 3.90. The number of benzene rings is 2. The highest BCUT2D eigenvalue weighted by molar-refractivity contribution is 7.99. The molecule has 2 aromatic rings. The largest absolute Gasteiger partial charge is 0.416 e. The van der Waals surface area contributed by atoms with Crippen LogP contribution in [-0.4, -0.2) is 20.1 Å². The number of fused-ring (bicyclic) bond motifs is 1. The van der Waals surface area contributed by atoms with Crippen LogP contribution in [0.15, 0.2) is 52.3 Å². The Labute approximate surface area is 158 Å². The van der Waals surface area contributed by atoms with Gasteiger partial charge < -0.3 is 5.32 Å². The summed E-state index contributed by atoms with van der Waals surface area (Å²) in [6, 6.07) is 8.15. The summed E-state index contributed by atoms with van der Waals surface area (Å²) in [4.78, 5) is 12.5. The third-order valence-corrected chi connectivity index (χ3v) is 6.61. The maximum Gasteiger partial charge on any atom is 0.416 e. The fourth-order valence-corrected chi connectivity index (χ4v) is 4.51. The van der Waals surface area contributed by atoms with Crippen LogP contribution < -0.4 is 10.0 Å². The van der Waals surface area contributed by atoms with Crippen molar-refractivity contribution in [2.45, 2.75) is 22.9 Å². The van der Waals surface area contributed by atoms with Crippen molar-refractivity contribution in [2.24, 2.45) is 5.92 Å². The van der Waals surface area contributed by atoms with Gasteiger partial charge in [-0.2, -0.15) is 13.2 Å². The molecule has 0 fully saturated rings.